The molecule has 0 radical (unpaired) electrons. The normalized spacial score (nSPS) is 10.3. The molecule has 2 aromatic rings. The first kappa shape index (κ1) is 15.3. The minimum absolute atomic E-state index is 0.173. The highest BCUT2D eigenvalue weighted by molar-refractivity contribution is 7.14. The Morgan fingerprint density at radius 2 is 2.33 bits per heavy atom. The molecule has 2 heterocycles. The number of hydrogen-bond acceptors (Lipinski definition) is 4. The van der Waals surface area contributed by atoms with E-state index in [4.69, 9.17) is 5.11 Å². The second-order valence-electron chi connectivity index (χ2n) is 4.79. The largest absolute Gasteiger partial charge is 0.384 e. The van der Waals surface area contributed by atoms with Crippen molar-refractivity contribution in [3.63, 3.8) is 0 Å². The van der Waals surface area contributed by atoms with Crippen molar-refractivity contribution in [1.82, 2.24) is 9.78 Å². The van der Waals surface area contributed by atoms with Gasteiger partial charge in [-0.2, -0.15) is 5.10 Å². The predicted octanol–water partition coefficient (Wildman–Crippen LogP) is 2.43. The average Bonchev–Trinajstić information content (AvgIpc) is 3.03. The number of aliphatic hydroxyl groups excluding tert-OH is 1. The number of rotatable bonds is 3. The second-order valence-corrected chi connectivity index (χ2v) is 5.84. The summed E-state index contributed by atoms with van der Waals surface area (Å²) in [6.07, 6.45) is 1.66. The summed E-state index contributed by atoms with van der Waals surface area (Å²) in [6.45, 7) is 5.71. The van der Waals surface area contributed by atoms with Crippen LogP contribution in [-0.2, 0) is 0 Å². The molecule has 0 bridgehead atoms. The van der Waals surface area contributed by atoms with Gasteiger partial charge < -0.3 is 10.4 Å². The highest BCUT2D eigenvalue weighted by Gasteiger charge is 2.14. The number of nitrogens with zero attached hydrogens (tertiary/aromatic N) is 2. The van der Waals surface area contributed by atoms with Crippen molar-refractivity contribution in [2.75, 3.05) is 11.9 Å². The lowest BCUT2D eigenvalue weighted by atomic mass is 10.2. The molecule has 0 unspecified atom stereocenters. The van der Waals surface area contributed by atoms with Gasteiger partial charge >= 0.3 is 0 Å². The van der Waals surface area contributed by atoms with Crippen LogP contribution in [0.5, 0.6) is 0 Å². The standard InChI is InChI=1S/C15H17N3O2S/c1-10(2)18-14(6-7-16-18)17-15(20)13-9-11(3)12(21-13)5-4-8-19/h6-7,9-10,19H,8H2,1-3H3,(H,17,20). The topological polar surface area (TPSA) is 67.2 Å². The lowest BCUT2D eigenvalue weighted by Crippen LogP contribution is -2.15. The first-order valence-electron chi connectivity index (χ1n) is 6.58. The van der Waals surface area contributed by atoms with Gasteiger partial charge in [0.25, 0.3) is 5.91 Å². The number of anilines is 1. The lowest BCUT2D eigenvalue weighted by molar-refractivity contribution is 0.102. The summed E-state index contributed by atoms with van der Waals surface area (Å²) in [5.74, 6) is 5.94. The molecule has 2 rings (SSSR count). The molecule has 0 saturated carbocycles. The fourth-order valence-corrected chi connectivity index (χ4v) is 2.78. The minimum atomic E-state index is -0.188. The molecule has 0 fully saturated rings. The van der Waals surface area contributed by atoms with Gasteiger partial charge in [-0.25, -0.2) is 4.68 Å². The number of aliphatic hydroxyl groups is 1. The Bertz CT molecular complexity index is 704. The van der Waals surface area contributed by atoms with E-state index in [0.29, 0.717) is 10.7 Å². The van der Waals surface area contributed by atoms with E-state index in [2.05, 4.69) is 22.3 Å². The van der Waals surface area contributed by atoms with Gasteiger partial charge in [0.15, 0.2) is 0 Å². The van der Waals surface area contributed by atoms with Gasteiger partial charge in [-0.1, -0.05) is 11.8 Å². The number of carbonyl (C=O) groups excluding carboxylic acids is 1. The molecule has 6 heteroatoms. The van der Waals surface area contributed by atoms with E-state index in [0.717, 1.165) is 10.4 Å². The predicted molar refractivity (Wildman–Crippen MR) is 83.6 cm³/mol. The molecule has 21 heavy (non-hydrogen) atoms. The van der Waals surface area contributed by atoms with E-state index in [9.17, 15) is 4.79 Å². The van der Waals surface area contributed by atoms with Crippen LogP contribution in [0.3, 0.4) is 0 Å². The highest BCUT2D eigenvalue weighted by Crippen LogP contribution is 2.22. The Morgan fingerprint density at radius 1 is 1.57 bits per heavy atom. The maximum atomic E-state index is 12.3. The van der Waals surface area contributed by atoms with Crippen LogP contribution in [0.1, 0.15) is 40.0 Å². The number of thiophene rings is 1. The molecular formula is C15H17N3O2S. The third-order valence-corrected chi connectivity index (χ3v) is 3.97. The highest BCUT2D eigenvalue weighted by atomic mass is 32.1. The molecule has 0 aliphatic rings. The molecule has 2 aromatic heterocycles. The molecular weight excluding hydrogens is 286 g/mol. The summed E-state index contributed by atoms with van der Waals surface area (Å²) in [6, 6.07) is 3.74. The fraction of sp³-hybridized carbons (Fsp3) is 0.333. The van der Waals surface area contributed by atoms with Crippen LogP contribution >= 0.6 is 11.3 Å². The SMILES string of the molecule is Cc1cc(C(=O)Nc2ccnn2C(C)C)sc1C#CCO. The van der Waals surface area contributed by atoms with Crippen molar-refractivity contribution in [2.45, 2.75) is 26.8 Å². The molecule has 1 amide bonds. The van der Waals surface area contributed by atoms with Gasteiger partial charge in [-0.3, -0.25) is 4.79 Å². The molecule has 0 aliphatic carbocycles. The quantitative estimate of drug-likeness (QED) is 0.856. The molecule has 2 N–H and O–H groups in total. The Morgan fingerprint density at radius 3 is 3.00 bits per heavy atom. The number of hydrogen-bond donors (Lipinski definition) is 2. The van der Waals surface area contributed by atoms with Gasteiger partial charge in [0.1, 0.15) is 12.4 Å². The van der Waals surface area contributed by atoms with Crippen LogP contribution in [0.25, 0.3) is 0 Å². The fourth-order valence-electron chi connectivity index (χ4n) is 1.84. The molecule has 0 aromatic carbocycles. The number of aryl methyl sites for hydroxylation is 1. The number of carbonyl (C=O) groups is 1. The van der Waals surface area contributed by atoms with Crippen molar-refractivity contribution in [1.29, 1.82) is 0 Å². The summed E-state index contributed by atoms with van der Waals surface area (Å²) in [7, 11) is 0. The first-order valence-corrected chi connectivity index (χ1v) is 7.39. The second kappa shape index (κ2) is 6.57. The summed E-state index contributed by atoms with van der Waals surface area (Å²) in [4.78, 5) is 13.7. The zero-order valence-corrected chi connectivity index (χ0v) is 13.0. The zero-order valence-electron chi connectivity index (χ0n) is 12.2. The van der Waals surface area contributed by atoms with E-state index in [-0.39, 0.29) is 18.6 Å². The number of amides is 1. The van der Waals surface area contributed by atoms with Crippen LogP contribution in [-0.4, -0.2) is 27.4 Å². The van der Waals surface area contributed by atoms with Gasteiger partial charge in [-0.15, -0.1) is 11.3 Å². The van der Waals surface area contributed by atoms with Gasteiger partial charge in [0.05, 0.1) is 16.0 Å². The molecule has 0 atom stereocenters. The van der Waals surface area contributed by atoms with E-state index >= 15 is 0 Å². The van der Waals surface area contributed by atoms with E-state index in [1.807, 2.05) is 20.8 Å². The van der Waals surface area contributed by atoms with Crippen LogP contribution in [0.15, 0.2) is 18.3 Å². The smallest absolute Gasteiger partial charge is 0.266 e. The van der Waals surface area contributed by atoms with Crippen LogP contribution in [0.4, 0.5) is 5.82 Å². The Hall–Kier alpha value is -2.10. The van der Waals surface area contributed by atoms with E-state index in [1.54, 1.807) is 23.0 Å². The Kier molecular flexibility index (Phi) is 4.78. The molecule has 0 saturated heterocycles. The van der Waals surface area contributed by atoms with Crippen LogP contribution in [0, 0.1) is 18.8 Å². The van der Waals surface area contributed by atoms with Gasteiger partial charge in [-0.05, 0) is 32.4 Å². The third-order valence-electron chi connectivity index (χ3n) is 2.82. The third kappa shape index (κ3) is 3.51. The molecule has 5 nitrogen and oxygen atoms in total. The maximum Gasteiger partial charge on any atom is 0.266 e. The van der Waals surface area contributed by atoms with Crippen molar-refractivity contribution in [3.8, 4) is 11.8 Å². The molecule has 0 spiro atoms. The number of aromatic nitrogens is 2. The summed E-state index contributed by atoms with van der Waals surface area (Å²) >= 11 is 1.32. The molecule has 110 valence electrons. The summed E-state index contributed by atoms with van der Waals surface area (Å²) < 4.78 is 1.75. The van der Waals surface area contributed by atoms with Gasteiger partial charge in [0.2, 0.25) is 0 Å². The maximum absolute atomic E-state index is 12.3. The Labute approximate surface area is 127 Å². The van der Waals surface area contributed by atoms with Crippen molar-refractivity contribution < 1.29 is 9.90 Å². The first-order chi connectivity index (χ1) is 10.0. The van der Waals surface area contributed by atoms with Crippen LogP contribution in [0.2, 0.25) is 0 Å². The van der Waals surface area contributed by atoms with Crippen molar-refractivity contribution in [3.05, 3.63) is 33.6 Å². The van der Waals surface area contributed by atoms with Crippen LogP contribution < -0.4 is 5.32 Å². The zero-order chi connectivity index (χ0) is 15.4. The lowest BCUT2D eigenvalue weighted by Gasteiger charge is -2.11. The average molecular weight is 303 g/mol. The summed E-state index contributed by atoms with van der Waals surface area (Å²) in [5.41, 5.74) is 0.934. The van der Waals surface area contributed by atoms with Gasteiger partial charge in [0, 0.05) is 12.1 Å². The molecule has 0 aliphatic heterocycles. The van der Waals surface area contributed by atoms with Crippen molar-refractivity contribution in [2.24, 2.45) is 0 Å². The minimum Gasteiger partial charge on any atom is -0.384 e. The number of nitrogens with one attached hydrogen (secondary N) is 1. The van der Waals surface area contributed by atoms with Crippen molar-refractivity contribution >= 4 is 23.1 Å². The summed E-state index contributed by atoms with van der Waals surface area (Å²) in [5, 5.41) is 15.8. The monoisotopic (exact) mass is 303 g/mol. The van der Waals surface area contributed by atoms with E-state index < -0.39 is 0 Å². The van der Waals surface area contributed by atoms with E-state index in [1.165, 1.54) is 11.3 Å². The Balaban J connectivity index is 2.19.